The van der Waals surface area contributed by atoms with Crippen LogP contribution in [0.1, 0.15) is 58.6 Å². The van der Waals surface area contributed by atoms with Crippen molar-refractivity contribution in [3.63, 3.8) is 0 Å². The van der Waals surface area contributed by atoms with Crippen LogP contribution in [0.25, 0.3) is 22.3 Å². The van der Waals surface area contributed by atoms with Gasteiger partial charge >= 0.3 is 24.7 Å². The summed E-state index contributed by atoms with van der Waals surface area (Å²) in [5, 5.41) is 0. The van der Waals surface area contributed by atoms with E-state index in [-0.39, 0.29) is 45.8 Å². The average molecular weight is 766 g/mol. The summed E-state index contributed by atoms with van der Waals surface area (Å²) < 4.78 is 162. The Hall–Kier alpha value is -5.47. The van der Waals surface area contributed by atoms with Crippen LogP contribution in [0.5, 0.6) is 0 Å². The largest absolute Gasteiger partial charge is 0.416 e. The van der Waals surface area contributed by atoms with Gasteiger partial charge in [-0.2, -0.15) is 52.7 Å². The molecule has 0 atom stereocenters. The van der Waals surface area contributed by atoms with Gasteiger partial charge in [0.2, 0.25) is 0 Å². The first-order chi connectivity index (χ1) is 24.9. The van der Waals surface area contributed by atoms with Gasteiger partial charge in [0, 0.05) is 0 Å². The van der Waals surface area contributed by atoms with E-state index in [9.17, 15) is 52.7 Å². The molecule has 1 heterocycles. The molecule has 0 bridgehead atoms. The van der Waals surface area contributed by atoms with Gasteiger partial charge in [0.15, 0.2) is 0 Å². The maximum absolute atomic E-state index is 13.5. The monoisotopic (exact) mass is 765 g/mol. The van der Waals surface area contributed by atoms with Crippen molar-refractivity contribution < 1.29 is 52.7 Å². The molecule has 0 amide bonds. The van der Waals surface area contributed by atoms with E-state index in [1.165, 1.54) is 50.2 Å². The maximum Gasteiger partial charge on any atom is 0.416 e. The van der Waals surface area contributed by atoms with Crippen LogP contribution in [0.2, 0.25) is 0 Å². The molecular formula is C39H27F12N3. The third-order valence-electron chi connectivity index (χ3n) is 8.47. The van der Waals surface area contributed by atoms with Crippen molar-refractivity contribution >= 4 is 22.8 Å². The zero-order valence-electron chi connectivity index (χ0n) is 28.5. The highest BCUT2D eigenvalue weighted by atomic mass is 19.4. The first kappa shape index (κ1) is 39.7. The zero-order valence-corrected chi connectivity index (χ0v) is 28.5. The second kappa shape index (κ2) is 14.4. The molecule has 5 rings (SSSR count). The summed E-state index contributed by atoms with van der Waals surface area (Å²) in [5.74, 6) is 0. The van der Waals surface area contributed by atoms with Crippen molar-refractivity contribution in [2.75, 3.05) is 0 Å². The SMILES string of the molecule is CC(=Nc1cccc(-c2cc(C(F)(F)F)cc(C(F)(F)F)c2)c1C)c1cccc(C(C)=Nc2cccc(-c3cc(C(F)(F)F)cc(C(F)(F)F)c3)c2C)n1. The fourth-order valence-electron chi connectivity index (χ4n) is 5.65. The Morgan fingerprint density at radius 3 is 1.04 bits per heavy atom. The fourth-order valence-corrected chi connectivity index (χ4v) is 5.65. The predicted octanol–water partition coefficient (Wildman–Crippen LogP) is 13.4. The minimum absolute atomic E-state index is 0.0520. The molecule has 0 unspecified atom stereocenters. The van der Waals surface area contributed by atoms with Gasteiger partial charge in [0.05, 0.1) is 56.4 Å². The molecule has 3 nitrogen and oxygen atoms in total. The smallest absolute Gasteiger partial charge is 0.251 e. The van der Waals surface area contributed by atoms with Gasteiger partial charge in [-0.25, -0.2) is 4.98 Å². The zero-order chi connectivity index (χ0) is 40.0. The normalized spacial score (nSPS) is 13.4. The molecule has 0 aliphatic rings. The molecule has 0 aliphatic heterocycles. The summed E-state index contributed by atoms with van der Waals surface area (Å²) in [6, 6.07) is 16.2. The molecule has 0 fully saturated rings. The standard InChI is InChI=1S/C39H27F12N3/c1-20-30(24-14-26(36(40,41)42)18-27(15-24)37(43,44)45)8-5-10-32(20)52-22(3)34-12-7-13-35(54-34)23(4)53-33-11-6-9-31(21(33)2)25-16-28(38(46,47)48)19-29(17-25)39(49,50)51/h5-19H,1-4H3. The molecule has 5 aromatic rings. The number of benzene rings is 4. The van der Waals surface area contributed by atoms with Crippen LogP contribution in [0.4, 0.5) is 64.1 Å². The second-order valence-electron chi connectivity index (χ2n) is 12.3. The molecule has 1 aromatic heterocycles. The van der Waals surface area contributed by atoms with Crippen molar-refractivity contribution in [2.45, 2.75) is 52.4 Å². The van der Waals surface area contributed by atoms with E-state index in [1.54, 1.807) is 32.0 Å². The summed E-state index contributed by atoms with van der Waals surface area (Å²) in [6.07, 6.45) is -20.1. The van der Waals surface area contributed by atoms with Crippen LogP contribution in [0.15, 0.2) is 101 Å². The number of halogens is 12. The van der Waals surface area contributed by atoms with E-state index in [2.05, 4.69) is 15.0 Å². The lowest BCUT2D eigenvalue weighted by Crippen LogP contribution is -2.11. The summed E-state index contributed by atoms with van der Waals surface area (Å²) in [6.45, 7) is 6.20. The molecule has 0 radical (unpaired) electrons. The number of aromatic nitrogens is 1. The molecule has 15 heteroatoms. The Labute approximate surface area is 300 Å². The Kier molecular flexibility index (Phi) is 10.6. The van der Waals surface area contributed by atoms with E-state index in [1.807, 2.05) is 0 Å². The lowest BCUT2D eigenvalue weighted by Gasteiger charge is -2.16. The molecule has 282 valence electrons. The molecule has 4 aromatic carbocycles. The molecule has 0 spiro atoms. The van der Waals surface area contributed by atoms with Crippen LogP contribution in [0, 0.1) is 13.8 Å². The van der Waals surface area contributed by atoms with Crippen LogP contribution in [-0.4, -0.2) is 16.4 Å². The van der Waals surface area contributed by atoms with Crippen LogP contribution in [0.3, 0.4) is 0 Å². The van der Waals surface area contributed by atoms with Crippen LogP contribution >= 0.6 is 0 Å². The van der Waals surface area contributed by atoms with Gasteiger partial charge in [-0.1, -0.05) is 30.3 Å². The van der Waals surface area contributed by atoms with Crippen molar-refractivity contribution in [3.8, 4) is 22.3 Å². The Bertz CT molecular complexity index is 2050. The summed E-state index contributed by atoms with van der Waals surface area (Å²) in [5.41, 5.74) is -3.79. The van der Waals surface area contributed by atoms with Crippen LogP contribution in [-0.2, 0) is 24.7 Å². The van der Waals surface area contributed by atoms with E-state index in [0.29, 0.717) is 58.2 Å². The van der Waals surface area contributed by atoms with Gasteiger partial charge < -0.3 is 0 Å². The molecule has 54 heavy (non-hydrogen) atoms. The number of aliphatic imine (C=N–C) groups is 2. The first-order valence-corrected chi connectivity index (χ1v) is 15.8. The minimum atomic E-state index is -5.03. The van der Waals surface area contributed by atoms with E-state index in [0.717, 1.165) is 0 Å². The van der Waals surface area contributed by atoms with E-state index < -0.39 is 47.0 Å². The Morgan fingerprint density at radius 2 is 0.741 bits per heavy atom. The molecule has 0 N–H and O–H groups in total. The van der Waals surface area contributed by atoms with Gasteiger partial charge in [0.25, 0.3) is 0 Å². The number of rotatable bonds is 6. The quantitative estimate of drug-likeness (QED) is 0.125. The molecule has 0 saturated heterocycles. The highest BCUT2D eigenvalue weighted by Gasteiger charge is 2.38. The average Bonchev–Trinajstić information content (AvgIpc) is 3.08. The number of hydrogen-bond donors (Lipinski definition) is 0. The van der Waals surface area contributed by atoms with Gasteiger partial charge in [-0.15, -0.1) is 0 Å². The third-order valence-corrected chi connectivity index (χ3v) is 8.47. The Morgan fingerprint density at radius 1 is 0.444 bits per heavy atom. The van der Waals surface area contributed by atoms with Gasteiger partial charge in [-0.3, -0.25) is 9.98 Å². The number of nitrogens with zero attached hydrogens (tertiary/aromatic N) is 3. The van der Waals surface area contributed by atoms with Crippen LogP contribution < -0.4 is 0 Å². The highest BCUT2D eigenvalue weighted by molar-refractivity contribution is 6.02. The first-order valence-electron chi connectivity index (χ1n) is 15.8. The second-order valence-corrected chi connectivity index (χ2v) is 12.3. The maximum atomic E-state index is 13.5. The molecule has 0 aliphatic carbocycles. The molecule has 0 saturated carbocycles. The molecular weight excluding hydrogens is 738 g/mol. The fraction of sp³-hybridized carbons (Fsp3) is 0.205. The van der Waals surface area contributed by atoms with Gasteiger partial charge in [-0.05, 0) is 122 Å². The van der Waals surface area contributed by atoms with E-state index >= 15 is 0 Å². The van der Waals surface area contributed by atoms with E-state index in [4.69, 9.17) is 0 Å². The number of hydrogen-bond acceptors (Lipinski definition) is 3. The number of alkyl halides is 12. The summed E-state index contributed by atoms with van der Waals surface area (Å²) >= 11 is 0. The minimum Gasteiger partial charge on any atom is -0.251 e. The Balaban J connectivity index is 1.50. The number of pyridine rings is 1. The lowest BCUT2D eigenvalue weighted by molar-refractivity contribution is -0.144. The third kappa shape index (κ3) is 8.83. The van der Waals surface area contributed by atoms with Crippen molar-refractivity contribution in [3.05, 3.63) is 136 Å². The van der Waals surface area contributed by atoms with Crippen molar-refractivity contribution in [1.82, 2.24) is 4.98 Å². The van der Waals surface area contributed by atoms with Crippen molar-refractivity contribution in [2.24, 2.45) is 9.98 Å². The summed E-state index contributed by atoms with van der Waals surface area (Å²) in [4.78, 5) is 13.7. The topological polar surface area (TPSA) is 37.6 Å². The van der Waals surface area contributed by atoms with Gasteiger partial charge in [0.1, 0.15) is 0 Å². The predicted molar refractivity (Wildman–Crippen MR) is 181 cm³/mol. The van der Waals surface area contributed by atoms with Crippen molar-refractivity contribution in [1.29, 1.82) is 0 Å². The lowest BCUT2D eigenvalue weighted by atomic mass is 9.95. The highest BCUT2D eigenvalue weighted by Crippen LogP contribution is 2.42. The summed E-state index contributed by atoms with van der Waals surface area (Å²) in [7, 11) is 0.